The second-order valence-electron chi connectivity index (χ2n) is 6.12. The number of nitrogens with one attached hydrogen (secondary N) is 2. The Hall–Kier alpha value is -2.99. The van der Waals surface area contributed by atoms with Crippen LogP contribution in [0.4, 0.5) is 10.1 Å². The van der Waals surface area contributed by atoms with Crippen molar-refractivity contribution in [3.63, 3.8) is 0 Å². The molecule has 0 aliphatic heterocycles. The number of benzene rings is 3. The molecule has 0 radical (unpaired) electrons. The van der Waals surface area contributed by atoms with E-state index in [2.05, 4.69) is 26.6 Å². The van der Waals surface area contributed by atoms with Crippen molar-refractivity contribution in [2.45, 2.75) is 6.42 Å². The summed E-state index contributed by atoms with van der Waals surface area (Å²) >= 11 is 3.22. The van der Waals surface area contributed by atoms with Crippen molar-refractivity contribution in [3.05, 3.63) is 99.8 Å². The molecule has 0 heterocycles. The van der Waals surface area contributed by atoms with Crippen LogP contribution in [-0.2, 0) is 6.42 Å². The quantitative estimate of drug-likeness (QED) is 0.577. The summed E-state index contributed by atoms with van der Waals surface area (Å²) in [6.07, 6.45) is 0.699. The molecule has 0 spiro atoms. The molecule has 2 amide bonds. The Morgan fingerprint density at radius 1 is 0.857 bits per heavy atom. The molecule has 3 aromatic rings. The monoisotopic (exact) mass is 440 g/mol. The Kier molecular flexibility index (Phi) is 6.55. The van der Waals surface area contributed by atoms with Gasteiger partial charge in [0.2, 0.25) is 0 Å². The van der Waals surface area contributed by atoms with Crippen molar-refractivity contribution >= 4 is 33.4 Å². The Balaban J connectivity index is 1.69. The van der Waals surface area contributed by atoms with Gasteiger partial charge < -0.3 is 10.6 Å². The van der Waals surface area contributed by atoms with Gasteiger partial charge >= 0.3 is 0 Å². The molecule has 0 atom stereocenters. The van der Waals surface area contributed by atoms with E-state index in [0.29, 0.717) is 28.7 Å². The molecule has 142 valence electrons. The fourth-order valence-corrected chi connectivity index (χ4v) is 3.07. The van der Waals surface area contributed by atoms with Gasteiger partial charge in [0.1, 0.15) is 5.82 Å². The van der Waals surface area contributed by atoms with Gasteiger partial charge in [-0.25, -0.2) is 4.39 Å². The zero-order valence-corrected chi connectivity index (χ0v) is 16.5. The van der Waals surface area contributed by atoms with Crippen molar-refractivity contribution in [3.8, 4) is 0 Å². The third-order valence-corrected chi connectivity index (χ3v) is 4.63. The summed E-state index contributed by atoms with van der Waals surface area (Å²) in [7, 11) is 0. The third kappa shape index (κ3) is 5.04. The number of rotatable bonds is 6. The molecule has 6 heteroatoms. The van der Waals surface area contributed by atoms with E-state index < -0.39 is 11.7 Å². The Bertz CT molecular complexity index is 993. The molecule has 0 fully saturated rings. The lowest BCUT2D eigenvalue weighted by atomic mass is 10.1. The van der Waals surface area contributed by atoms with Gasteiger partial charge in [-0.2, -0.15) is 0 Å². The Morgan fingerprint density at radius 3 is 2.36 bits per heavy atom. The lowest BCUT2D eigenvalue weighted by molar-refractivity contribution is 0.0955. The van der Waals surface area contributed by atoms with Crippen molar-refractivity contribution in [1.82, 2.24) is 5.32 Å². The van der Waals surface area contributed by atoms with Gasteiger partial charge in [0.15, 0.2) is 0 Å². The van der Waals surface area contributed by atoms with Crippen LogP contribution >= 0.6 is 15.9 Å². The van der Waals surface area contributed by atoms with Crippen LogP contribution in [0.15, 0.2) is 77.3 Å². The molecule has 0 aliphatic carbocycles. The highest BCUT2D eigenvalue weighted by Gasteiger charge is 2.16. The van der Waals surface area contributed by atoms with Crippen molar-refractivity contribution in [2.75, 3.05) is 11.9 Å². The second kappa shape index (κ2) is 9.28. The van der Waals surface area contributed by atoms with E-state index in [0.717, 1.165) is 5.56 Å². The van der Waals surface area contributed by atoms with Gasteiger partial charge in [-0.3, -0.25) is 9.59 Å². The highest BCUT2D eigenvalue weighted by Crippen LogP contribution is 2.20. The van der Waals surface area contributed by atoms with Crippen molar-refractivity contribution in [2.24, 2.45) is 0 Å². The van der Waals surface area contributed by atoms with E-state index in [9.17, 15) is 14.0 Å². The number of halogens is 2. The van der Waals surface area contributed by atoms with Crippen LogP contribution in [0, 0.1) is 5.82 Å². The minimum atomic E-state index is -0.634. The lowest BCUT2D eigenvalue weighted by Gasteiger charge is -2.12. The maximum Gasteiger partial charge on any atom is 0.258 e. The predicted octanol–water partition coefficient (Wildman–Crippen LogP) is 4.81. The first kappa shape index (κ1) is 19.8. The van der Waals surface area contributed by atoms with Gasteiger partial charge in [-0.1, -0.05) is 58.4 Å². The largest absolute Gasteiger partial charge is 0.352 e. The summed E-state index contributed by atoms with van der Waals surface area (Å²) in [5.74, 6) is -1.56. The smallest absolute Gasteiger partial charge is 0.258 e. The van der Waals surface area contributed by atoms with Crippen LogP contribution in [0.25, 0.3) is 0 Å². The molecule has 2 N–H and O–H groups in total. The molecule has 0 bridgehead atoms. The highest BCUT2D eigenvalue weighted by atomic mass is 79.9. The number of carbonyl (C=O) groups is 2. The van der Waals surface area contributed by atoms with Crippen LogP contribution in [-0.4, -0.2) is 18.4 Å². The molecule has 0 aliphatic rings. The van der Waals surface area contributed by atoms with Crippen LogP contribution in [0.2, 0.25) is 0 Å². The normalized spacial score (nSPS) is 10.4. The van der Waals surface area contributed by atoms with E-state index in [4.69, 9.17) is 0 Å². The molecule has 3 rings (SSSR count). The summed E-state index contributed by atoms with van der Waals surface area (Å²) in [5.41, 5.74) is 1.66. The minimum Gasteiger partial charge on any atom is -0.352 e. The zero-order chi connectivity index (χ0) is 19.9. The average molecular weight is 441 g/mol. The first-order valence-electron chi connectivity index (χ1n) is 8.72. The number of hydrogen-bond donors (Lipinski definition) is 2. The van der Waals surface area contributed by atoms with E-state index in [-0.39, 0.29) is 11.5 Å². The van der Waals surface area contributed by atoms with E-state index in [1.54, 1.807) is 24.3 Å². The summed E-state index contributed by atoms with van der Waals surface area (Å²) in [5, 5.41) is 5.47. The molecule has 28 heavy (non-hydrogen) atoms. The number of carbonyl (C=O) groups excluding carboxylic acids is 2. The SMILES string of the molecule is O=C(Nc1ccccc1C(=O)NCCc1ccccc1)c1cc(Br)ccc1F. The minimum absolute atomic E-state index is 0.103. The first-order valence-corrected chi connectivity index (χ1v) is 9.51. The molecular formula is C22H18BrFN2O2. The van der Waals surface area contributed by atoms with Gasteiger partial charge in [-0.15, -0.1) is 0 Å². The molecule has 0 unspecified atom stereocenters. The number of amides is 2. The zero-order valence-electron chi connectivity index (χ0n) is 14.9. The predicted molar refractivity (Wildman–Crippen MR) is 111 cm³/mol. The van der Waals surface area contributed by atoms with Crippen LogP contribution in [0.1, 0.15) is 26.3 Å². The maximum absolute atomic E-state index is 13.9. The molecule has 0 saturated carbocycles. The second-order valence-corrected chi connectivity index (χ2v) is 7.03. The van der Waals surface area contributed by atoms with Crippen LogP contribution in [0.3, 0.4) is 0 Å². The summed E-state index contributed by atoms with van der Waals surface area (Å²) in [6, 6.07) is 20.6. The van der Waals surface area contributed by atoms with Gasteiger partial charge in [0, 0.05) is 11.0 Å². The summed E-state index contributed by atoms with van der Waals surface area (Å²) < 4.78 is 14.5. The Labute approximate surface area is 170 Å². The first-order chi connectivity index (χ1) is 13.5. The molecule has 3 aromatic carbocycles. The number of anilines is 1. The molecule has 0 aromatic heterocycles. The van der Waals surface area contributed by atoms with Gasteiger partial charge in [0.05, 0.1) is 16.8 Å². The van der Waals surface area contributed by atoms with Crippen molar-refractivity contribution in [1.29, 1.82) is 0 Å². The molecule has 0 saturated heterocycles. The lowest BCUT2D eigenvalue weighted by Crippen LogP contribution is -2.27. The van der Waals surface area contributed by atoms with Gasteiger partial charge in [0.25, 0.3) is 11.8 Å². The molecule has 4 nitrogen and oxygen atoms in total. The summed E-state index contributed by atoms with van der Waals surface area (Å²) in [4.78, 5) is 25.0. The topological polar surface area (TPSA) is 58.2 Å². The highest BCUT2D eigenvalue weighted by molar-refractivity contribution is 9.10. The molecular weight excluding hydrogens is 423 g/mol. The van der Waals surface area contributed by atoms with E-state index in [1.165, 1.54) is 18.2 Å². The number of para-hydroxylation sites is 1. The van der Waals surface area contributed by atoms with E-state index >= 15 is 0 Å². The fourth-order valence-electron chi connectivity index (χ4n) is 2.71. The third-order valence-electron chi connectivity index (χ3n) is 4.13. The number of hydrogen-bond acceptors (Lipinski definition) is 2. The van der Waals surface area contributed by atoms with Gasteiger partial charge in [-0.05, 0) is 42.3 Å². The fraction of sp³-hybridized carbons (Fsp3) is 0.0909. The average Bonchev–Trinajstić information content (AvgIpc) is 2.71. The maximum atomic E-state index is 13.9. The van der Waals surface area contributed by atoms with E-state index in [1.807, 2.05) is 30.3 Å². The standard InChI is InChI=1S/C22H18BrFN2O2/c23-16-10-11-19(24)18(14-16)22(28)26-20-9-5-4-8-17(20)21(27)25-13-12-15-6-2-1-3-7-15/h1-11,14H,12-13H2,(H,25,27)(H,26,28). The Morgan fingerprint density at radius 2 is 1.57 bits per heavy atom. The summed E-state index contributed by atoms with van der Waals surface area (Å²) in [6.45, 7) is 0.464. The van der Waals surface area contributed by atoms with Crippen LogP contribution < -0.4 is 10.6 Å². The van der Waals surface area contributed by atoms with Crippen molar-refractivity contribution < 1.29 is 14.0 Å². The van der Waals surface area contributed by atoms with Crippen LogP contribution in [0.5, 0.6) is 0 Å².